The Balaban J connectivity index is 1.25. The van der Waals surface area contributed by atoms with Crippen LogP contribution < -0.4 is 0 Å². The normalized spacial score (nSPS) is 39.9. The smallest absolute Gasteiger partial charge is 0.312 e. The van der Waals surface area contributed by atoms with Crippen LogP contribution in [0.5, 0.6) is 0 Å². The second-order valence-electron chi connectivity index (χ2n) is 18.9. The fraction of sp³-hybridized carbons (Fsp3) is 0.644. The van der Waals surface area contributed by atoms with Crippen molar-refractivity contribution in [1.29, 1.82) is 0 Å². The number of carbonyl (C=O) groups is 2. The lowest BCUT2D eigenvalue weighted by atomic mass is 9.34. The summed E-state index contributed by atoms with van der Waals surface area (Å²) in [6, 6.07) is 19.6. The lowest BCUT2D eigenvalue weighted by molar-refractivity contribution is -0.230. The van der Waals surface area contributed by atoms with E-state index in [9.17, 15) is 18.0 Å². The number of ether oxygens (including phenoxy) is 2. The number of allylic oxidation sites excluding steroid dienone is 1. The summed E-state index contributed by atoms with van der Waals surface area (Å²) in [5, 5.41) is 0. The van der Waals surface area contributed by atoms with Gasteiger partial charge in [0.15, 0.2) is 0 Å². The quantitative estimate of drug-likeness (QED) is 0.144. The number of hydrogen-bond acceptors (Lipinski definition) is 7. The number of hydrogen-bond donors (Lipinski definition) is 0. The first-order chi connectivity index (χ1) is 24.9. The average molecular weight is 745 g/mol. The van der Waals surface area contributed by atoms with E-state index in [1.165, 1.54) is 0 Å². The molecule has 2 aromatic carbocycles. The van der Waals surface area contributed by atoms with Gasteiger partial charge in [-0.1, -0.05) is 107 Å². The monoisotopic (exact) mass is 744 g/mol. The van der Waals surface area contributed by atoms with Crippen molar-refractivity contribution in [1.82, 2.24) is 0 Å². The third-order valence-electron chi connectivity index (χ3n) is 16.2. The zero-order chi connectivity index (χ0) is 38.2. The minimum atomic E-state index is -3.88. The molecule has 0 aromatic heterocycles. The molecular formula is C45H60O7S. The van der Waals surface area contributed by atoms with Crippen molar-refractivity contribution in [3.8, 4) is 0 Å². The summed E-state index contributed by atoms with van der Waals surface area (Å²) in [5.74, 6) is -0.340. The van der Waals surface area contributed by atoms with Crippen molar-refractivity contribution < 1.29 is 31.7 Å². The summed E-state index contributed by atoms with van der Waals surface area (Å²) < 4.78 is 44.1. The molecule has 2 aromatic rings. The van der Waals surface area contributed by atoms with Crippen LogP contribution in [0.3, 0.4) is 0 Å². The van der Waals surface area contributed by atoms with E-state index >= 15 is 0 Å². The largest absolute Gasteiger partial charge is 0.461 e. The highest BCUT2D eigenvalue weighted by molar-refractivity contribution is 7.86. The van der Waals surface area contributed by atoms with E-state index in [4.69, 9.17) is 13.7 Å². The Labute approximate surface area is 317 Å². The Morgan fingerprint density at radius 1 is 0.755 bits per heavy atom. The van der Waals surface area contributed by atoms with Gasteiger partial charge in [-0.25, -0.2) is 0 Å². The van der Waals surface area contributed by atoms with Crippen molar-refractivity contribution in [2.24, 2.45) is 62.6 Å². The van der Waals surface area contributed by atoms with Crippen LogP contribution in [0.1, 0.15) is 104 Å². The van der Waals surface area contributed by atoms with E-state index < -0.39 is 38.4 Å². The van der Waals surface area contributed by atoms with Gasteiger partial charge in [0.05, 0.1) is 23.7 Å². The third-order valence-corrected chi connectivity index (χ3v) is 16.8. The Hall–Kier alpha value is -2.97. The molecule has 288 valence electrons. The van der Waals surface area contributed by atoms with E-state index in [0.29, 0.717) is 0 Å². The third kappa shape index (κ3) is 5.95. The second-order valence-corrected chi connectivity index (χ2v) is 20.5. The van der Waals surface area contributed by atoms with Crippen molar-refractivity contribution in [2.45, 2.75) is 112 Å². The Morgan fingerprint density at radius 2 is 1.36 bits per heavy atom. The highest BCUT2D eigenvalue weighted by Crippen LogP contribution is 2.79. The molecule has 5 aliphatic carbocycles. The van der Waals surface area contributed by atoms with E-state index in [2.05, 4.69) is 48.1 Å². The van der Waals surface area contributed by atoms with Crippen LogP contribution in [0.25, 0.3) is 0 Å². The van der Waals surface area contributed by atoms with Crippen LogP contribution in [0, 0.1) is 62.6 Å². The van der Waals surface area contributed by atoms with E-state index in [-0.39, 0.29) is 65.6 Å². The van der Waals surface area contributed by atoms with Gasteiger partial charge in [0.1, 0.15) is 13.2 Å². The summed E-state index contributed by atoms with van der Waals surface area (Å²) in [6.45, 7) is 18.4. The average Bonchev–Trinajstić information content (AvgIpc) is 3.58. The predicted molar refractivity (Wildman–Crippen MR) is 205 cm³/mol. The summed E-state index contributed by atoms with van der Waals surface area (Å²) in [4.78, 5) is 29.0. The fourth-order valence-electron chi connectivity index (χ4n) is 13.8. The topological polar surface area (TPSA) is 96.0 Å². The summed E-state index contributed by atoms with van der Waals surface area (Å²) >= 11 is 0. The van der Waals surface area contributed by atoms with Crippen LogP contribution in [0.15, 0.2) is 72.8 Å². The maximum Gasteiger partial charge on any atom is 0.312 e. The van der Waals surface area contributed by atoms with Crippen LogP contribution in [-0.2, 0) is 46.6 Å². The van der Waals surface area contributed by atoms with Gasteiger partial charge in [0.25, 0.3) is 10.1 Å². The Morgan fingerprint density at radius 3 is 1.94 bits per heavy atom. The van der Waals surface area contributed by atoms with Crippen molar-refractivity contribution in [3.63, 3.8) is 0 Å². The molecule has 0 amide bonds. The Kier molecular flexibility index (Phi) is 9.65. The molecule has 0 bridgehead atoms. The molecule has 0 radical (unpaired) electrons. The first-order valence-electron chi connectivity index (χ1n) is 19.9. The lowest BCUT2D eigenvalue weighted by Gasteiger charge is -2.70. The summed E-state index contributed by atoms with van der Waals surface area (Å²) in [6.07, 6.45) is 7.36. The van der Waals surface area contributed by atoms with Crippen molar-refractivity contribution in [2.75, 3.05) is 6.26 Å². The molecule has 7 rings (SSSR count). The molecule has 1 unspecified atom stereocenters. The molecule has 0 N–H and O–H groups in total. The van der Waals surface area contributed by atoms with Gasteiger partial charge in [-0.3, -0.25) is 13.8 Å². The molecule has 0 spiro atoms. The van der Waals surface area contributed by atoms with Crippen molar-refractivity contribution >= 4 is 22.1 Å². The van der Waals surface area contributed by atoms with E-state index in [1.807, 2.05) is 60.7 Å². The van der Waals surface area contributed by atoms with E-state index in [0.717, 1.165) is 74.3 Å². The van der Waals surface area contributed by atoms with E-state index in [1.54, 1.807) is 0 Å². The fourth-order valence-corrected chi connectivity index (χ4v) is 14.5. The molecule has 11 atom stereocenters. The molecule has 53 heavy (non-hydrogen) atoms. The first-order valence-corrected chi connectivity index (χ1v) is 21.7. The molecular weight excluding hydrogens is 685 g/mol. The van der Waals surface area contributed by atoms with Gasteiger partial charge in [0.2, 0.25) is 0 Å². The first kappa shape index (κ1) is 38.3. The van der Waals surface area contributed by atoms with Crippen LogP contribution >= 0.6 is 0 Å². The molecule has 5 saturated carbocycles. The molecule has 5 aliphatic rings. The van der Waals surface area contributed by atoms with Gasteiger partial charge in [-0.05, 0) is 121 Å². The van der Waals surface area contributed by atoms with Gasteiger partial charge < -0.3 is 9.47 Å². The maximum absolute atomic E-state index is 14.6. The maximum atomic E-state index is 14.6. The highest BCUT2D eigenvalue weighted by atomic mass is 32.2. The summed E-state index contributed by atoms with van der Waals surface area (Å²) in [5.41, 5.74) is 1.05. The minimum Gasteiger partial charge on any atom is -0.461 e. The van der Waals surface area contributed by atoms with Gasteiger partial charge in [-0.2, -0.15) is 8.42 Å². The van der Waals surface area contributed by atoms with Gasteiger partial charge >= 0.3 is 11.9 Å². The minimum absolute atomic E-state index is 0.0551. The number of rotatable bonds is 9. The lowest BCUT2D eigenvalue weighted by Crippen LogP contribution is -2.65. The molecule has 7 nitrogen and oxygen atoms in total. The zero-order valence-corrected chi connectivity index (χ0v) is 33.7. The predicted octanol–water partition coefficient (Wildman–Crippen LogP) is 9.31. The number of benzene rings is 2. The standard InChI is InChI=1S/C45H60O7S/c1-29(2)32-21-24-45(40(47)51-28-31-17-13-10-14-18-31)26-25-42(5)33(36(32)45)19-20-35-43(42,6)23-22-34-41(3,4)38(52-53(8,48)49)37(44(34,35)7)39(46)50-27-30-15-11-9-12-16-30/h9-18,32-38H,1,19-28H2,2-8H3/t32-,33+,34?,35-,36+,37+,38+,42+,43+,44-,45-/m0/s1. The molecule has 5 fully saturated rings. The Bertz CT molecular complexity index is 1840. The van der Waals surface area contributed by atoms with Crippen LogP contribution in [0.2, 0.25) is 0 Å². The molecule has 0 aliphatic heterocycles. The SMILES string of the molecule is C=C(C)[C@@H]1CC[C@]2(C(=O)OCc3ccccc3)CC[C@]3(C)[C@H](CC[C@@H]4[C@]5(C)C(CC[C@]43C)C(C)(C)[C@H](OS(C)(=O)=O)[C@@H]5C(=O)OCc3ccccc3)[C@@H]12. The van der Waals surface area contributed by atoms with Gasteiger partial charge in [0, 0.05) is 0 Å². The van der Waals surface area contributed by atoms with Gasteiger partial charge in [-0.15, -0.1) is 0 Å². The van der Waals surface area contributed by atoms with Crippen LogP contribution in [0.4, 0.5) is 0 Å². The second kappa shape index (κ2) is 13.4. The number of carbonyl (C=O) groups excluding carboxylic acids is 2. The number of fused-ring (bicyclic) bond motifs is 7. The van der Waals surface area contributed by atoms with Crippen LogP contribution in [-0.4, -0.2) is 32.7 Å². The molecule has 0 heterocycles. The van der Waals surface area contributed by atoms with Crippen molar-refractivity contribution in [3.05, 3.63) is 83.9 Å². The highest BCUT2D eigenvalue weighted by Gasteiger charge is 2.76. The summed E-state index contributed by atoms with van der Waals surface area (Å²) in [7, 11) is -3.88. The molecule has 8 heteroatoms. The molecule has 0 saturated heterocycles. The zero-order valence-electron chi connectivity index (χ0n) is 32.9. The number of esters is 2.